The Bertz CT molecular complexity index is 792. The van der Waals surface area contributed by atoms with Gasteiger partial charge in [-0.1, -0.05) is 5.16 Å². The highest BCUT2D eigenvalue weighted by atomic mass is 32.2. The highest BCUT2D eigenvalue weighted by Crippen LogP contribution is 2.39. The maximum atomic E-state index is 12.6. The molecule has 8 nitrogen and oxygen atoms in total. The van der Waals surface area contributed by atoms with Crippen LogP contribution in [0.5, 0.6) is 0 Å². The minimum atomic E-state index is -3.52. The molecule has 1 saturated carbocycles. The fraction of sp³-hybridized carbons (Fsp3) is 0.615. The zero-order chi connectivity index (χ0) is 15.3. The number of aromatic nitrogens is 4. The van der Waals surface area contributed by atoms with E-state index in [1.54, 1.807) is 7.05 Å². The monoisotopic (exact) mass is 323 g/mol. The summed E-state index contributed by atoms with van der Waals surface area (Å²) < 4.78 is 33.4. The molecule has 3 heterocycles. The highest BCUT2D eigenvalue weighted by Gasteiger charge is 2.38. The number of sulfonamides is 1. The van der Waals surface area contributed by atoms with Crippen molar-refractivity contribution in [1.82, 2.24) is 24.2 Å². The molecule has 2 aromatic rings. The Morgan fingerprint density at radius 1 is 1.27 bits per heavy atom. The van der Waals surface area contributed by atoms with Crippen LogP contribution in [0, 0.1) is 0 Å². The van der Waals surface area contributed by atoms with Crippen LogP contribution >= 0.6 is 0 Å². The van der Waals surface area contributed by atoms with E-state index in [2.05, 4.69) is 15.2 Å². The molecule has 2 aromatic heterocycles. The lowest BCUT2D eigenvalue weighted by Crippen LogP contribution is -2.30. The summed E-state index contributed by atoms with van der Waals surface area (Å²) in [5.41, 5.74) is 0. The molecular formula is C13H17N5O3S. The normalized spacial score (nSPS) is 23.2. The van der Waals surface area contributed by atoms with Gasteiger partial charge in [0.25, 0.3) is 10.0 Å². The van der Waals surface area contributed by atoms with Gasteiger partial charge in [-0.15, -0.1) is 0 Å². The minimum Gasteiger partial charge on any atom is -0.339 e. The predicted octanol–water partition coefficient (Wildman–Crippen LogP) is 0.859. The second-order valence-electron chi connectivity index (χ2n) is 5.91. The van der Waals surface area contributed by atoms with Crippen molar-refractivity contribution < 1.29 is 12.9 Å². The van der Waals surface area contributed by atoms with Gasteiger partial charge in [-0.3, -0.25) is 4.68 Å². The van der Waals surface area contributed by atoms with Crippen molar-refractivity contribution in [2.24, 2.45) is 7.05 Å². The zero-order valence-corrected chi connectivity index (χ0v) is 13.0. The minimum absolute atomic E-state index is 0.0250. The third kappa shape index (κ3) is 2.24. The van der Waals surface area contributed by atoms with Crippen LogP contribution in [0.1, 0.15) is 42.8 Å². The largest absolute Gasteiger partial charge is 0.339 e. The standard InChI is InChI=1S/C13H17N5O3S/c1-17-11(4-6-14-17)22(19,20)18-7-5-10(8-18)13-15-12(16-21-13)9-2-3-9/h4,6,9-10H,2-3,5,7-8H2,1H3. The number of aryl methyl sites for hydroxylation is 1. The molecule has 9 heteroatoms. The van der Waals surface area contributed by atoms with Gasteiger partial charge >= 0.3 is 0 Å². The third-order valence-corrected chi connectivity index (χ3v) is 6.22. The summed E-state index contributed by atoms with van der Waals surface area (Å²) in [4.78, 5) is 4.43. The molecule has 0 aromatic carbocycles. The Morgan fingerprint density at radius 3 is 2.77 bits per heavy atom. The number of nitrogens with zero attached hydrogens (tertiary/aromatic N) is 5. The number of rotatable bonds is 4. The van der Waals surface area contributed by atoms with E-state index in [4.69, 9.17) is 4.52 Å². The summed E-state index contributed by atoms with van der Waals surface area (Å²) >= 11 is 0. The van der Waals surface area contributed by atoms with Crippen molar-refractivity contribution >= 4 is 10.0 Å². The molecule has 0 radical (unpaired) electrons. The fourth-order valence-electron chi connectivity index (χ4n) is 2.82. The SMILES string of the molecule is Cn1nccc1S(=O)(=O)N1CCC(c2nc(C3CC3)no2)C1. The van der Waals surface area contributed by atoms with Gasteiger partial charge < -0.3 is 4.52 Å². The molecule has 1 aliphatic heterocycles. The van der Waals surface area contributed by atoms with E-state index in [1.807, 2.05) is 0 Å². The van der Waals surface area contributed by atoms with E-state index in [0.29, 0.717) is 31.3 Å². The van der Waals surface area contributed by atoms with Gasteiger partial charge in [0.2, 0.25) is 5.89 Å². The van der Waals surface area contributed by atoms with Crippen molar-refractivity contribution in [3.05, 3.63) is 24.0 Å². The van der Waals surface area contributed by atoms with Crippen LogP contribution < -0.4 is 0 Å². The smallest absolute Gasteiger partial charge is 0.260 e. The Hall–Kier alpha value is -1.74. The van der Waals surface area contributed by atoms with Gasteiger partial charge in [0.15, 0.2) is 10.9 Å². The summed E-state index contributed by atoms with van der Waals surface area (Å²) in [7, 11) is -1.89. The van der Waals surface area contributed by atoms with Crippen LogP contribution in [0.25, 0.3) is 0 Å². The average Bonchev–Trinajstić information content (AvgIpc) is 2.95. The van der Waals surface area contributed by atoms with Gasteiger partial charge in [-0.2, -0.15) is 14.4 Å². The van der Waals surface area contributed by atoms with Gasteiger partial charge in [-0.25, -0.2) is 8.42 Å². The predicted molar refractivity (Wildman–Crippen MR) is 75.6 cm³/mol. The van der Waals surface area contributed by atoms with E-state index in [9.17, 15) is 8.42 Å². The lowest BCUT2D eigenvalue weighted by Gasteiger charge is -2.15. The van der Waals surface area contributed by atoms with E-state index in [1.165, 1.54) is 21.3 Å². The average molecular weight is 323 g/mol. The van der Waals surface area contributed by atoms with Crippen LogP contribution in [0.2, 0.25) is 0 Å². The Labute approximate surface area is 128 Å². The van der Waals surface area contributed by atoms with Gasteiger partial charge in [-0.05, 0) is 25.3 Å². The van der Waals surface area contributed by atoms with E-state index in [-0.39, 0.29) is 10.9 Å². The van der Waals surface area contributed by atoms with E-state index in [0.717, 1.165) is 18.7 Å². The zero-order valence-electron chi connectivity index (χ0n) is 12.2. The first-order chi connectivity index (χ1) is 10.6. The molecule has 1 aliphatic carbocycles. The van der Waals surface area contributed by atoms with Gasteiger partial charge in [0, 0.05) is 26.1 Å². The molecule has 1 saturated heterocycles. The second-order valence-corrected chi connectivity index (χ2v) is 7.79. The van der Waals surface area contributed by atoms with E-state index >= 15 is 0 Å². The fourth-order valence-corrected chi connectivity index (χ4v) is 4.42. The quantitative estimate of drug-likeness (QED) is 0.828. The third-order valence-electron chi connectivity index (χ3n) is 4.28. The first kappa shape index (κ1) is 13.9. The second kappa shape index (κ2) is 4.88. The summed E-state index contributed by atoms with van der Waals surface area (Å²) in [5.74, 6) is 1.74. The first-order valence-electron chi connectivity index (χ1n) is 7.37. The van der Waals surface area contributed by atoms with Crippen LogP contribution in [-0.2, 0) is 17.1 Å². The Kier molecular flexibility index (Phi) is 3.08. The summed E-state index contributed by atoms with van der Waals surface area (Å²) in [6.07, 6.45) is 4.42. The molecule has 0 bridgehead atoms. The first-order valence-corrected chi connectivity index (χ1v) is 8.81. The van der Waals surface area contributed by atoms with Crippen molar-refractivity contribution in [3.8, 4) is 0 Å². The summed E-state index contributed by atoms with van der Waals surface area (Å²) in [6.45, 7) is 0.832. The molecule has 22 heavy (non-hydrogen) atoms. The maximum Gasteiger partial charge on any atom is 0.260 e. The number of hydrogen-bond acceptors (Lipinski definition) is 6. The highest BCUT2D eigenvalue weighted by molar-refractivity contribution is 7.89. The summed E-state index contributed by atoms with van der Waals surface area (Å²) in [6, 6.07) is 1.51. The van der Waals surface area contributed by atoms with Gasteiger partial charge in [0.05, 0.1) is 12.1 Å². The molecular weight excluding hydrogens is 306 g/mol. The summed E-state index contributed by atoms with van der Waals surface area (Å²) in [5, 5.41) is 8.14. The molecule has 2 aliphatic rings. The molecule has 0 N–H and O–H groups in total. The maximum absolute atomic E-state index is 12.6. The topological polar surface area (TPSA) is 94.1 Å². The lowest BCUT2D eigenvalue weighted by molar-refractivity contribution is 0.350. The molecule has 118 valence electrons. The number of hydrogen-bond donors (Lipinski definition) is 0. The Balaban J connectivity index is 1.53. The molecule has 0 amide bonds. The van der Waals surface area contributed by atoms with Gasteiger partial charge in [0.1, 0.15) is 0 Å². The molecule has 1 unspecified atom stereocenters. The van der Waals surface area contributed by atoms with Crippen LogP contribution in [0.4, 0.5) is 0 Å². The van der Waals surface area contributed by atoms with Crippen molar-refractivity contribution in [2.45, 2.75) is 36.1 Å². The molecule has 1 atom stereocenters. The van der Waals surface area contributed by atoms with E-state index < -0.39 is 10.0 Å². The Morgan fingerprint density at radius 2 is 2.09 bits per heavy atom. The van der Waals surface area contributed by atoms with Crippen molar-refractivity contribution in [3.63, 3.8) is 0 Å². The van der Waals surface area contributed by atoms with Crippen molar-refractivity contribution in [2.75, 3.05) is 13.1 Å². The molecule has 2 fully saturated rings. The van der Waals surface area contributed by atoms with Crippen molar-refractivity contribution in [1.29, 1.82) is 0 Å². The van der Waals surface area contributed by atoms with Crippen LogP contribution in [0.3, 0.4) is 0 Å². The molecule has 4 rings (SSSR count). The van der Waals surface area contributed by atoms with Crippen LogP contribution in [-0.4, -0.2) is 45.7 Å². The lowest BCUT2D eigenvalue weighted by atomic mass is 10.1. The molecule has 0 spiro atoms. The van der Waals surface area contributed by atoms with Crippen LogP contribution in [0.15, 0.2) is 21.8 Å².